The lowest BCUT2D eigenvalue weighted by molar-refractivity contribution is 0.175. The van der Waals surface area contributed by atoms with Gasteiger partial charge in [-0.15, -0.1) is 0 Å². The zero-order valence-electron chi connectivity index (χ0n) is 10.1. The molecule has 16 heavy (non-hydrogen) atoms. The molecule has 2 heteroatoms. The second-order valence-electron chi connectivity index (χ2n) is 4.92. The Balaban J connectivity index is 1.96. The fourth-order valence-corrected chi connectivity index (χ4v) is 2.37. The number of aryl methyl sites for hydroxylation is 1. The Kier molecular flexibility index (Phi) is 3.29. The van der Waals surface area contributed by atoms with Gasteiger partial charge in [0.1, 0.15) is 5.82 Å². The van der Waals surface area contributed by atoms with Gasteiger partial charge in [0.25, 0.3) is 0 Å². The summed E-state index contributed by atoms with van der Waals surface area (Å²) in [6.45, 7) is 4.91. The second-order valence-corrected chi connectivity index (χ2v) is 4.92. The molecule has 0 atom stereocenters. The lowest BCUT2D eigenvalue weighted by Gasteiger charge is -2.42. The largest absolute Gasteiger partial charge is 0.307 e. The quantitative estimate of drug-likeness (QED) is 0.819. The summed E-state index contributed by atoms with van der Waals surface area (Å²) < 4.78 is 13.1. The Labute approximate surface area is 97.1 Å². The van der Waals surface area contributed by atoms with Crippen LogP contribution in [-0.4, -0.2) is 5.54 Å². The summed E-state index contributed by atoms with van der Waals surface area (Å²) in [5.74, 6) is -0.113. The molecular formula is C14H20FN. The SMILES string of the molecule is CCC1(NCc2ccc(F)c(C)c2)CCC1. The summed E-state index contributed by atoms with van der Waals surface area (Å²) in [7, 11) is 0. The Hall–Kier alpha value is -0.890. The first kappa shape index (κ1) is 11.6. The molecule has 0 spiro atoms. The lowest BCUT2D eigenvalue weighted by Crippen LogP contribution is -2.49. The van der Waals surface area contributed by atoms with Crippen molar-refractivity contribution in [1.82, 2.24) is 5.32 Å². The minimum absolute atomic E-state index is 0.113. The summed E-state index contributed by atoms with van der Waals surface area (Å²) >= 11 is 0. The molecule has 1 aromatic carbocycles. The molecular weight excluding hydrogens is 201 g/mol. The van der Waals surface area contributed by atoms with Gasteiger partial charge < -0.3 is 5.32 Å². The van der Waals surface area contributed by atoms with Crippen molar-refractivity contribution < 1.29 is 4.39 Å². The predicted octanol–water partition coefficient (Wildman–Crippen LogP) is 3.56. The maximum atomic E-state index is 13.1. The molecule has 0 aromatic heterocycles. The molecule has 1 aliphatic rings. The van der Waals surface area contributed by atoms with Crippen molar-refractivity contribution in [3.05, 3.63) is 35.1 Å². The van der Waals surface area contributed by atoms with Crippen molar-refractivity contribution in [3.8, 4) is 0 Å². The van der Waals surface area contributed by atoms with Gasteiger partial charge in [-0.25, -0.2) is 4.39 Å². The molecule has 1 fully saturated rings. The van der Waals surface area contributed by atoms with Crippen LogP contribution in [0.1, 0.15) is 43.7 Å². The monoisotopic (exact) mass is 221 g/mol. The fourth-order valence-electron chi connectivity index (χ4n) is 2.37. The third-order valence-electron chi connectivity index (χ3n) is 3.88. The molecule has 88 valence electrons. The zero-order chi connectivity index (χ0) is 11.6. The maximum Gasteiger partial charge on any atom is 0.126 e. The van der Waals surface area contributed by atoms with E-state index in [0.29, 0.717) is 5.54 Å². The van der Waals surface area contributed by atoms with Crippen LogP contribution >= 0.6 is 0 Å². The molecule has 1 saturated carbocycles. The topological polar surface area (TPSA) is 12.0 Å². The predicted molar refractivity (Wildman–Crippen MR) is 64.8 cm³/mol. The smallest absolute Gasteiger partial charge is 0.126 e. The van der Waals surface area contributed by atoms with Gasteiger partial charge in [0.05, 0.1) is 0 Å². The van der Waals surface area contributed by atoms with Gasteiger partial charge in [0.2, 0.25) is 0 Å². The van der Waals surface area contributed by atoms with Crippen molar-refractivity contribution in [3.63, 3.8) is 0 Å². The van der Waals surface area contributed by atoms with Crippen LogP contribution in [0.5, 0.6) is 0 Å². The molecule has 0 radical (unpaired) electrons. The molecule has 1 aliphatic carbocycles. The van der Waals surface area contributed by atoms with Gasteiger partial charge in [-0.3, -0.25) is 0 Å². The van der Waals surface area contributed by atoms with Crippen molar-refractivity contribution in [2.45, 2.75) is 51.6 Å². The van der Waals surface area contributed by atoms with E-state index in [1.165, 1.54) is 31.2 Å². The summed E-state index contributed by atoms with van der Waals surface area (Å²) in [5.41, 5.74) is 2.28. The molecule has 0 saturated heterocycles. The van der Waals surface area contributed by atoms with Gasteiger partial charge in [0.15, 0.2) is 0 Å². The van der Waals surface area contributed by atoms with Crippen LogP contribution in [0.2, 0.25) is 0 Å². The van der Waals surface area contributed by atoms with Crippen LogP contribution in [0.15, 0.2) is 18.2 Å². The first-order chi connectivity index (χ1) is 7.65. The minimum Gasteiger partial charge on any atom is -0.307 e. The Bertz CT molecular complexity index is 363. The van der Waals surface area contributed by atoms with E-state index in [-0.39, 0.29) is 5.82 Å². The highest BCUT2D eigenvalue weighted by Gasteiger charge is 2.34. The van der Waals surface area contributed by atoms with Crippen LogP contribution in [0.3, 0.4) is 0 Å². The number of benzene rings is 1. The zero-order valence-corrected chi connectivity index (χ0v) is 10.1. The normalized spacial score (nSPS) is 18.2. The van der Waals surface area contributed by atoms with Crippen molar-refractivity contribution in [1.29, 1.82) is 0 Å². The van der Waals surface area contributed by atoms with Gasteiger partial charge in [-0.2, -0.15) is 0 Å². The summed E-state index contributed by atoms with van der Waals surface area (Å²) in [4.78, 5) is 0. The third-order valence-corrected chi connectivity index (χ3v) is 3.88. The van der Waals surface area contributed by atoms with Crippen molar-refractivity contribution in [2.75, 3.05) is 0 Å². The van der Waals surface area contributed by atoms with Gasteiger partial charge in [0, 0.05) is 12.1 Å². The number of hydrogen-bond donors (Lipinski definition) is 1. The highest BCUT2D eigenvalue weighted by atomic mass is 19.1. The summed E-state index contributed by atoms with van der Waals surface area (Å²) in [6.07, 6.45) is 5.09. The van der Waals surface area contributed by atoms with Crippen LogP contribution in [0.25, 0.3) is 0 Å². The van der Waals surface area contributed by atoms with Gasteiger partial charge in [-0.1, -0.05) is 19.1 Å². The molecule has 2 rings (SSSR count). The lowest BCUT2D eigenvalue weighted by atomic mass is 9.75. The number of halogens is 1. The van der Waals surface area contributed by atoms with Gasteiger partial charge in [-0.05, 0) is 49.8 Å². The van der Waals surface area contributed by atoms with E-state index in [4.69, 9.17) is 0 Å². The van der Waals surface area contributed by atoms with Crippen LogP contribution in [-0.2, 0) is 6.54 Å². The highest BCUT2D eigenvalue weighted by Crippen LogP contribution is 2.34. The minimum atomic E-state index is -0.113. The summed E-state index contributed by atoms with van der Waals surface area (Å²) in [6, 6.07) is 5.37. The van der Waals surface area contributed by atoms with E-state index >= 15 is 0 Å². The average molecular weight is 221 g/mol. The molecule has 0 bridgehead atoms. The molecule has 0 amide bonds. The maximum absolute atomic E-state index is 13.1. The average Bonchev–Trinajstić information content (AvgIpc) is 2.22. The van der Waals surface area contributed by atoms with Crippen LogP contribution in [0.4, 0.5) is 4.39 Å². The number of rotatable bonds is 4. The first-order valence-corrected chi connectivity index (χ1v) is 6.15. The number of hydrogen-bond acceptors (Lipinski definition) is 1. The Morgan fingerprint density at radius 1 is 1.38 bits per heavy atom. The van der Waals surface area contributed by atoms with E-state index in [2.05, 4.69) is 12.2 Å². The Morgan fingerprint density at radius 3 is 2.62 bits per heavy atom. The summed E-state index contributed by atoms with van der Waals surface area (Å²) in [5, 5.41) is 3.62. The fraction of sp³-hybridized carbons (Fsp3) is 0.571. The van der Waals surface area contributed by atoms with E-state index in [1.54, 1.807) is 6.07 Å². The molecule has 0 aliphatic heterocycles. The second kappa shape index (κ2) is 4.54. The standard InChI is InChI=1S/C14H20FN/c1-3-14(7-4-8-14)16-10-12-5-6-13(15)11(2)9-12/h5-6,9,16H,3-4,7-8,10H2,1-2H3. The molecule has 0 heterocycles. The molecule has 1 aromatic rings. The van der Waals surface area contributed by atoms with Crippen LogP contribution in [0, 0.1) is 12.7 Å². The van der Waals surface area contributed by atoms with E-state index in [9.17, 15) is 4.39 Å². The van der Waals surface area contributed by atoms with Crippen molar-refractivity contribution >= 4 is 0 Å². The third kappa shape index (κ3) is 2.27. The highest BCUT2D eigenvalue weighted by molar-refractivity contribution is 5.24. The van der Waals surface area contributed by atoms with E-state index in [1.807, 2.05) is 19.1 Å². The molecule has 1 nitrogen and oxygen atoms in total. The van der Waals surface area contributed by atoms with E-state index < -0.39 is 0 Å². The number of nitrogens with one attached hydrogen (secondary N) is 1. The first-order valence-electron chi connectivity index (χ1n) is 6.15. The Morgan fingerprint density at radius 2 is 2.12 bits per heavy atom. The molecule has 1 N–H and O–H groups in total. The van der Waals surface area contributed by atoms with Crippen LogP contribution < -0.4 is 5.32 Å². The van der Waals surface area contributed by atoms with Gasteiger partial charge >= 0.3 is 0 Å². The molecule has 0 unspecified atom stereocenters. The van der Waals surface area contributed by atoms with E-state index in [0.717, 1.165) is 12.1 Å². The van der Waals surface area contributed by atoms with Crippen molar-refractivity contribution in [2.24, 2.45) is 0 Å².